The Balaban J connectivity index is 1.63. The van der Waals surface area contributed by atoms with Crippen molar-refractivity contribution in [3.8, 4) is 0 Å². The molecule has 0 atom stereocenters. The van der Waals surface area contributed by atoms with Crippen LogP contribution in [0.5, 0.6) is 0 Å². The van der Waals surface area contributed by atoms with Crippen LogP contribution in [-0.4, -0.2) is 63.1 Å². The average molecular weight is 436 g/mol. The smallest absolute Gasteiger partial charge is 0.243 e. The number of piperazine rings is 1. The molecule has 6 nitrogen and oxygen atoms in total. The number of nitrogens with zero attached hydrogens (tertiary/aromatic N) is 3. The SMILES string of the molecule is Cc1cc(Cl)ccc1N(CC(=O)N1CCN(Cc2ccccc2)CC1)S(C)(=O)=O. The number of carbonyl (C=O) groups is 1. The topological polar surface area (TPSA) is 60.9 Å². The molecule has 1 fully saturated rings. The normalized spacial score (nSPS) is 15.3. The van der Waals surface area contributed by atoms with Crippen LogP contribution >= 0.6 is 11.6 Å². The van der Waals surface area contributed by atoms with Gasteiger partial charge in [-0.3, -0.25) is 14.0 Å². The summed E-state index contributed by atoms with van der Waals surface area (Å²) in [5, 5.41) is 0.528. The van der Waals surface area contributed by atoms with Gasteiger partial charge in [0.25, 0.3) is 0 Å². The minimum atomic E-state index is -3.61. The van der Waals surface area contributed by atoms with Crippen molar-refractivity contribution >= 4 is 33.2 Å². The van der Waals surface area contributed by atoms with Crippen LogP contribution in [0, 0.1) is 6.92 Å². The molecule has 1 aliphatic rings. The number of sulfonamides is 1. The number of benzene rings is 2. The Bertz CT molecular complexity index is 958. The van der Waals surface area contributed by atoms with E-state index in [4.69, 9.17) is 11.6 Å². The van der Waals surface area contributed by atoms with Gasteiger partial charge in [0.2, 0.25) is 15.9 Å². The second kappa shape index (κ2) is 9.15. The molecule has 0 N–H and O–H groups in total. The first-order valence-corrected chi connectivity index (χ1v) is 11.7. The Hall–Kier alpha value is -2.09. The van der Waals surface area contributed by atoms with Crippen molar-refractivity contribution in [3.63, 3.8) is 0 Å². The molecule has 0 bridgehead atoms. The number of anilines is 1. The van der Waals surface area contributed by atoms with E-state index in [0.717, 1.165) is 30.2 Å². The standard InChI is InChI=1S/C21H26ClN3O3S/c1-17-14-19(22)8-9-20(17)25(29(2,27)28)16-21(26)24-12-10-23(11-13-24)15-18-6-4-3-5-7-18/h3-9,14H,10-13,15-16H2,1-2H3. The number of aryl methyl sites for hydroxylation is 1. The molecule has 1 amide bonds. The molecule has 29 heavy (non-hydrogen) atoms. The third-order valence-corrected chi connectivity index (χ3v) is 6.44. The minimum absolute atomic E-state index is 0.191. The summed E-state index contributed by atoms with van der Waals surface area (Å²) in [6.45, 7) is 5.12. The molecule has 0 aliphatic carbocycles. The summed E-state index contributed by atoms with van der Waals surface area (Å²) in [4.78, 5) is 16.9. The number of rotatable bonds is 6. The fourth-order valence-corrected chi connectivity index (χ4v) is 4.63. The van der Waals surface area contributed by atoms with E-state index in [-0.39, 0.29) is 12.5 Å². The summed E-state index contributed by atoms with van der Waals surface area (Å²) >= 11 is 5.99. The highest BCUT2D eigenvalue weighted by atomic mass is 35.5. The molecule has 2 aromatic rings. The van der Waals surface area contributed by atoms with Crippen LogP contribution in [0.3, 0.4) is 0 Å². The van der Waals surface area contributed by atoms with Crippen molar-refractivity contribution in [2.45, 2.75) is 13.5 Å². The Morgan fingerprint density at radius 2 is 1.72 bits per heavy atom. The maximum atomic E-state index is 12.8. The number of carbonyl (C=O) groups excluding carboxylic acids is 1. The molecular weight excluding hydrogens is 410 g/mol. The fourth-order valence-electron chi connectivity index (χ4n) is 3.50. The van der Waals surface area contributed by atoms with Gasteiger partial charge in [0.15, 0.2) is 0 Å². The molecule has 1 aliphatic heterocycles. The van der Waals surface area contributed by atoms with E-state index in [1.165, 1.54) is 5.56 Å². The Morgan fingerprint density at radius 1 is 1.07 bits per heavy atom. The largest absolute Gasteiger partial charge is 0.339 e. The maximum Gasteiger partial charge on any atom is 0.243 e. The molecule has 0 radical (unpaired) electrons. The van der Waals surface area contributed by atoms with Crippen LogP contribution in [-0.2, 0) is 21.4 Å². The van der Waals surface area contributed by atoms with Crippen LogP contribution in [0.4, 0.5) is 5.69 Å². The lowest BCUT2D eigenvalue weighted by Crippen LogP contribution is -2.51. The molecular formula is C21H26ClN3O3S. The summed E-state index contributed by atoms with van der Waals surface area (Å²) in [5.74, 6) is -0.191. The van der Waals surface area contributed by atoms with Gasteiger partial charge in [0, 0.05) is 37.7 Å². The van der Waals surface area contributed by atoms with E-state index in [1.807, 2.05) is 18.2 Å². The predicted molar refractivity (Wildman–Crippen MR) is 117 cm³/mol. The van der Waals surface area contributed by atoms with Crippen LogP contribution in [0.25, 0.3) is 0 Å². The average Bonchev–Trinajstić information content (AvgIpc) is 2.67. The lowest BCUT2D eigenvalue weighted by molar-refractivity contribution is -0.131. The van der Waals surface area contributed by atoms with Gasteiger partial charge < -0.3 is 4.90 Å². The van der Waals surface area contributed by atoms with Crippen molar-refractivity contribution in [2.24, 2.45) is 0 Å². The molecule has 2 aromatic carbocycles. The van der Waals surface area contributed by atoms with E-state index in [9.17, 15) is 13.2 Å². The van der Waals surface area contributed by atoms with Gasteiger partial charge in [0.05, 0.1) is 11.9 Å². The summed E-state index contributed by atoms with van der Waals surface area (Å²) in [6.07, 6.45) is 1.12. The highest BCUT2D eigenvalue weighted by Crippen LogP contribution is 2.25. The van der Waals surface area contributed by atoms with Gasteiger partial charge in [-0.25, -0.2) is 8.42 Å². The molecule has 0 aromatic heterocycles. The molecule has 156 valence electrons. The molecule has 8 heteroatoms. The molecule has 0 unspecified atom stereocenters. The first-order chi connectivity index (χ1) is 13.7. The van der Waals surface area contributed by atoms with Gasteiger partial charge in [-0.2, -0.15) is 0 Å². The highest BCUT2D eigenvalue weighted by molar-refractivity contribution is 7.92. The maximum absolute atomic E-state index is 12.8. The summed E-state index contributed by atoms with van der Waals surface area (Å²) in [7, 11) is -3.61. The monoisotopic (exact) mass is 435 g/mol. The van der Waals surface area contributed by atoms with Gasteiger partial charge >= 0.3 is 0 Å². The van der Waals surface area contributed by atoms with Crippen LogP contribution in [0.1, 0.15) is 11.1 Å². The number of halogens is 1. The van der Waals surface area contributed by atoms with E-state index in [0.29, 0.717) is 29.4 Å². The molecule has 0 spiro atoms. The molecule has 3 rings (SSSR count). The minimum Gasteiger partial charge on any atom is -0.339 e. The van der Waals surface area contributed by atoms with Crippen molar-refractivity contribution in [2.75, 3.05) is 43.3 Å². The predicted octanol–water partition coefficient (Wildman–Crippen LogP) is 2.76. The van der Waals surface area contributed by atoms with E-state index in [1.54, 1.807) is 30.0 Å². The molecule has 1 saturated heterocycles. The Morgan fingerprint density at radius 3 is 2.31 bits per heavy atom. The van der Waals surface area contributed by atoms with Crippen LogP contribution < -0.4 is 4.31 Å². The van der Waals surface area contributed by atoms with Gasteiger partial charge in [-0.1, -0.05) is 41.9 Å². The van der Waals surface area contributed by atoms with Crippen LogP contribution in [0.15, 0.2) is 48.5 Å². The Kier molecular flexibility index (Phi) is 6.82. The van der Waals surface area contributed by atoms with Gasteiger partial charge in [-0.05, 0) is 36.2 Å². The zero-order valence-corrected chi connectivity index (χ0v) is 18.3. The second-order valence-corrected chi connectivity index (χ2v) is 9.69. The first kappa shape index (κ1) is 21.6. The third-order valence-electron chi connectivity index (χ3n) is 5.08. The summed E-state index contributed by atoms with van der Waals surface area (Å²) in [5.41, 5.74) is 2.44. The highest BCUT2D eigenvalue weighted by Gasteiger charge is 2.27. The summed E-state index contributed by atoms with van der Waals surface area (Å²) in [6, 6.07) is 15.2. The van der Waals surface area contributed by atoms with E-state index in [2.05, 4.69) is 17.0 Å². The lowest BCUT2D eigenvalue weighted by atomic mass is 10.2. The van der Waals surface area contributed by atoms with Crippen molar-refractivity contribution in [3.05, 3.63) is 64.7 Å². The zero-order chi connectivity index (χ0) is 21.0. The van der Waals surface area contributed by atoms with Crippen molar-refractivity contribution < 1.29 is 13.2 Å². The number of amides is 1. The lowest BCUT2D eigenvalue weighted by Gasteiger charge is -2.36. The number of hydrogen-bond acceptors (Lipinski definition) is 4. The zero-order valence-electron chi connectivity index (χ0n) is 16.7. The van der Waals surface area contributed by atoms with Gasteiger partial charge in [-0.15, -0.1) is 0 Å². The Labute approximate surface area is 177 Å². The van der Waals surface area contributed by atoms with Crippen molar-refractivity contribution in [1.82, 2.24) is 9.80 Å². The quantitative estimate of drug-likeness (QED) is 0.700. The summed E-state index contributed by atoms with van der Waals surface area (Å²) < 4.78 is 25.9. The fraction of sp³-hybridized carbons (Fsp3) is 0.381. The molecule has 1 heterocycles. The van der Waals surface area contributed by atoms with E-state index >= 15 is 0 Å². The van der Waals surface area contributed by atoms with Gasteiger partial charge in [0.1, 0.15) is 6.54 Å². The first-order valence-electron chi connectivity index (χ1n) is 9.52. The number of hydrogen-bond donors (Lipinski definition) is 0. The van der Waals surface area contributed by atoms with Crippen molar-refractivity contribution in [1.29, 1.82) is 0 Å². The third kappa shape index (κ3) is 5.72. The van der Waals surface area contributed by atoms with E-state index < -0.39 is 10.0 Å². The second-order valence-electron chi connectivity index (χ2n) is 7.34. The van der Waals surface area contributed by atoms with Crippen LogP contribution in [0.2, 0.25) is 5.02 Å². The molecule has 0 saturated carbocycles.